The molecule has 0 bridgehead atoms. The number of carbonyl (C=O) groups is 1. The van der Waals surface area contributed by atoms with Gasteiger partial charge >= 0.3 is 5.97 Å². The van der Waals surface area contributed by atoms with Crippen molar-refractivity contribution in [3.05, 3.63) is 41.2 Å². The summed E-state index contributed by atoms with van der Waals surface area (Å²) in [7, 11) is 0. The molecule has 0 spiro atoms. The fourth-order valence-corrected chi connectivity index (χ4v) is 6.25. The normalized spacial score (nSPS) is 16.4. The average Bonchev–Trinajstić information content (AvgIpc) is 2.82. The summed E-state index contributed by atoms with van der Waals surface area (Å²) in [6.45, 7) is 23.2. The molecule has 6 heteroatoms. The molecule has 0 N–H and O–H groups in total. The Morgan fingerprint density at radius 1 is 1.08 bits per heavy atom. The van der Waals surface area contributed by atoms with Gasteiger partial charge in [-0.25, -0.2) is 4.79 Å². The Balaban J connectivity index is 2.18. The van der Waals surface area contributed by atoms with E-state index in [-0.39, 0.29) is 5.97 Å². The van der Waals surface area contributed by atoms with E-state index in [1.807, 2.05) is 46.4 Å². The van der Waals surface area contributed by atoms with Crippen molar-refractivity contribution in [1.82, 2.24) is 4.98 Å². The summed E-state index contributed by atoms with van der Waals surface area (Å²) in [4.78, 5) is 22.2. The predicted octanol–water partition coefficient (Wildman–Crippen LogP) is 8.55. The summed E-state index contributed by atoms with van der Waals surface area (Å²) in [6.07, 6.45) is 2.52. The summed E-state index contributed by atoms with van der Waals surface area (Å²) in [5, 5.41) is 0. The van der Waals surface area contributed by atoms with Crippen molar-refractivity contribution in [3.8, 4) is 11.1 Å². The number of anilines is 1. The molecule has 0 radical (unpaired) electrons. The number of nitrogens with zero attached hydrogens (tertiary/aromatic N) is 2. The van der Waals surface area contributed by atoms with Crippen molar-refractivity contribution in [3.63, 3.8) is 0 Å². The van der Waals surface area contributed by atoms with Crippen LogP contribution >= 0.6 is 11.8 Å². The van der Waals surface area contributed by atoms with Crippen LogP contribution in [-0.2, 0) is 14.3 Å². The molecule has 216 valence electrons. The summed E-state index contributed by atoms with van der Waals surface area (Å²) < 4.78 is 12.0. The smallest absolute Gasteiger partial charge is 0.340 e. The van der Waals surface area contributed by atoms with Gasteiger partial charge < -0.3 is 14.4 Å². The van der Waals surface area contributed by atoms with Gasteiger partial charge in [-0.05, 0) is 95.6 Å². The van der Waals surface area contributed by atoms with E-state index in [1.165, 1.54) is 11.3 Å². The average molecular weight is 555 g/mol. The van der Waals surface area contributed by atoms with E-state index in [2.05, 4.69) is 63.8 Å². The summed E-state index contributed by atoms with van der Waals surface area (Å²) in [5.41, 5.74) is 5.65. The molecule has 1 aromatic carbocycles. The van der Waals surface area contributed by atoms with Crippen molar-refractivity contribution in [1.29, 1.82) is 0 Å². The van der Waals surface area contributed by atoms with E-state index in [4.69, 9.17) is 14.5 Å². The SMILES string of the molecule is CCOC(=O)[C@@H](OC(C)(C)C)c1c(C)nc(C)c(-c2ccc(SCCC(C)C)cc2)c1N1CCC(C)(C)CC1. The lowest BCUT2D eigenvalue weighted by atomic mass is 9.82. The fourth-order valence-electron chi connectivity index (χ4n) is 5.10. The molecule has 39 heavy (non-hydrogen) atoms. The third-order valence-corrected chi connectivity index (χ3v) is 8.40. The van der Waals surface area contributed by atoms with Gasteiger partial charge in [0.2, 0.25) is 0 Å². The lowest BCUT2D eigenvalue weighted by Crippen LogP contribution is -2.39. The molecule has 0 saturated carbocycles. The Kier molecular flexibility index (Phi) is 10.6. The standard InChI is InChI=1S/C33H50N2O3S/c1-11-37-31(36)30(38-32(6,7)8)28-24(5)34-23(4)27(29(28)35-19-17-33(9,10)18-20-35)25-12-14-26(15-13-25)39-21-16-22(2)3/h12-15,22,30H,11,16-21H2,1-10H3/t30-/m0/s1. The van der Waals surface area contributed by atoms with Gasteiger partial charge in [-0.15, -0.1) is 11.8 Å². The van der Waals surface area contributed by atoms with E-state index in [0.717, 1.165) is 65.4 Å². The van der Waals surface area contributed by atoms with Gasteiger partial charge in [-0.1, -0.05) is 39.8 Å². The van der Waals surface area contributed by atoms with E-state index in [0.29, 0.717) is 17.9 Å². The van der Waals surface area contributed by atoms with Gasteiger partial charge in [0.05, 0.1) is 17.9 Å². The predicted molar refractivity (Wildman–Crippen MR) is 165 cm³/mol. The van der Waals surface area contributed by atoms with Crippen LogP contribution in [0, 0.1) is 25.2 Å². The van der Waals surface area contributed by atoms with Gasteiger partial charge in [-0.2, -0.15) is 0 Å². The molecule has 2 aromatic rings. The summed E-state index contributed by atoms with van der Waals surface area (Å²) in [5.74, 6) is 1.46. The number of pyridine rings is 1. The summed E-state index contributed by atoms with van der Waals surface area (Å²) in [6, 6.07) is 8.86. The van der Waals surface area contributed by atoms with Gasteiger partial charge in [-0.3, -0.25) is 4.98 Å². The zero-order valence-corrected chi connectivity index (χ0v) is 26.8. The Labute approximate surface area is 241 Å². The zero-order valence-electron chi connectivity index (χ0n) is 25.9. The first kappa shape index (κ1) is 31.5. The molecule has 1 saturated heterocycles. The van der Waals surface area contributed by atoms with E-state index < -0.39 is 11.7 Å². The maximum Gasteiger partial charge on any atom is 0.340 e. The van der Waals surface area contributed by atoms with Crippen LogP contribution in [0.5, 0.6) is 0 Å². The first-order valence-electron chi connectivity index (χ1n) is 14.6. The molecule has 1 atom stereocenters. The number of esters is 1. The van der Waals surface area contributed by atoms with Crippen molar-refractivity contribution < 1.29 is 14.3 Å². The molecule has 0 aliphatic carbocycles. The third-order valence-electron chi connectivity index (χ3n) is 7.35. The number of hydrogen-bond acceptors (Lipinski definition) is 6. The molecule has 1 aliphatic heterocycles. The van der Waals surface area contributed by atoms with Crippen LogP contribution in [0.3, 0.4) is 0 Å². The maximum atomic E-state index is 13.4. The topological polar surface area (TPSA) is 51.7 Å². The van der Waals surface area contributed by atoms with Gasteiger partial charge in [0, 0.05) is 40.5 Å². The molecular weight excluding hydrogens is 504 g/mol. The Bertz CT molecular complexity index is 1110. The maximum absolute atomic E-state index is 13.4. The number of aromatic nitrogens is 1. The number of hydrogen-bond donors (Lipinski definition) is 0. The second-order valence-corrected chi connectivity index (χ2v) is 14.2. The second kappa shape index (κ2) is 13.1. The Morgan fingerprint density at radius 3 is 2.23 bits per heavy atom. The largest absolute Gasteiger partial charge is 0.464 e. The number of thioether (sulfide) groups is 1. The highest BCUT2D eigenvalue weighted by atomic mass is 32.2. The minimum Gasteiger partial charge on any atom is -0.464 e. The van der Waals surface area contributed by atoms with Crippen LogP contribution in [0.4, 0.5) is 5.69 Å². The van der Waals surface area contributed by atoms with Crippen molar-refractivity contribution >= 4 is 23.4 Å². The number of benzene rings is 1. The van der Waals surface area contributed by atoms with Gasteiger partial charge in [0.1, 0.15) is 0 Å². The fraction of sp³-hybridized carbons (Fsp3) is 0.636. The first-order chi connectivity index (χ1) is 18.2. The molecular formula is C33H50N2O3S. The molecule has 1 aliphatic rings. The van der Waals surface area contributed by atoms with Crippen LogP contribution in [-0.4, -0.2) is 42.0 Å². The number of aryl methyl sites for hydroxylation is 2. The third kappa shape index (κ3) is 8.47. The molecule has 0 unspecified atom stereocenters. The molecule has 3 rings (SSSR count). The quantitative estimate of drug-likeness (QED) is 0.217. The minimum absolute atomic E-state index is 0.297. The number of piperidine rings is 1. The van der Waals surface area contributed by atoms with Crippen LogP contribution < -0.4 is 4.90 Å². The molecule has 1 fully saturated rings. The number of ether oxygens (including phenoxy) is 2. The second-order valence-electron chi connectivity index (χ2n) is 13.0. The molecule has 1 aromatic heterocycles. The van der Waals surface area contributed by atoms with Crippen LogP contribution in [0.15, 0.2) is 29.2 Å². The van der Waals surface area contributed by atoms with Crippen LogP contribution in [0.25, 0.3) is 11.1 Å². The summed E-state index contributed by atoms with van der Waals surface area (Å²) >= 11 is 1.91. The molecule has 0 amide bonds. The first-order valence-corrected chi connectivity index (χ1v) is 15.5. The monoisotopic (exact) mass is 554 g/mol. The highest BCUT2D eigenvalue weighted by molar-refractivity contribution is 7.99. The number of carbonyl (C=O) groups excluding carboxylic acids is 1. The minimum atomic E-state index is -0.854. The van der Waals surface area contributed by atoms with E-state index in [9.17, 15) is 4.79 Å². The zero-order chi connectivity index (χ0) is 29.0. The highest BCUT2D eigenvalue weighted by Gasteiger charge is 2.37. The lowest BCUT2D eigenvalue weighted by molar-refractivity contribution is -0.166. The van der Waals surface area contributed by atoms with Gasteiger partial charge in [0.15, 0.2) is 6.10 Å². The van der Waals surface area contributed by atoms with Crippen molar-refractivity contribution in [2.24, 2.45) is 11.3 Å². The number of rotatable bonds is 10. The molecule has 2 heterocycles. The van der Waals surface area contributed by atoms with E-state index in [1.54, 1.807) is 0 Å². The van der Waals surface area contributed by atoms with Crippen LogP contribution in [0.2, 0.25) is 0 Å². The highest BCUT2D eigenvalue weighted by Crippen LogP contribution is 2.45. The lowest BCUT2D eigenvalue weighted by Gasteiger charge is -2.41. The molecule has 5 nitrogen and oxygen atoms in total. The van der Waals surface area contributed by atoms with E-state index >= 15 is 0 Å². The van der Waals surface area contributed by atoms with Crippen molar-refractivity contribution in [2.75, 3.05) is 30.3 Å². The Morgan fingerprint density at radius 2 is 1.69 bits per heavy atom. The Hall–Kier alpha value is -2.05. The van der Waals surface area contributed by atoms with Crippen LogP contribution in [0.1, 0.15) is 97.7 Å². The van der Waals surface area contributed by atoms with Crippen molar-refractivity contribution in [2.45, 2.75) is 105 Å². The van der Waals surface area contributed by atoms with Gasteiger partial charge in [0.25, 0.3) is 0 Å².